The van der Waals surface area contributed by atoms with Crippen LogP contribution in [0.5, 0.6) is 11.5 Å². The van der Waals surface area contributed by atoms with Crippen LogP contribution >= 0.6 is 0 Å². The number of fused-ring (bicyclic) bond motifs is 2. The lowest BCUT2D eigenvalue weighted by molar-refractivity contribution is -0.256. The number of nitrogens with zero attached hydrogens (tertiary/aromatic N) is 2. The molecular weight excluding hydrogens is 795 g/mol. The molecule has 2 aliphatic carbocycles. The Bertz CT molecular complexity index is 2050. The molecule has 12 heteroatoms. The molecule has 0 radical (unpaired) electrons. The van der Waals surface area contributed by atoms with Gasteiger partial charge in [0.2, 0.25) is 5.79 Å². The molecule has 1 saturated carbocycles. The predicted octanol–water partition coefficient (Wildman–Crippen LogP) is 10.2. The summed E-state index contributed by atoms with van der Waals surface area (Å²) >= 11 is 0. The largest absolute Gasteiger partial charge is 0.489 e. The summed E-state index contributed by atoms with van der Waals surface area (Å²) in [5.41, 5.74) is 2.79. The second-order valence-corrected chi connectivity index (χ2v) is 17.3. The fourth-order valence-corrected chi connectivity index (χ4v) is 9.11. The Hall–Kier alpha value is -5.04. The van der Waals surface area contributed by atoms with Gasteiger partial charge in [-0.05, 0) is 112 Å². The molecule has 1 amide bonds. The van der Waals surface area contributed by atoms with Crippen LogP contribution in [-0.2, 0) is 27.5 Å². The third kappa shape index (κ3) is 10.9. The molecule has 62 heavy (non-hydrogen) atoms. The first-order valence-corrected chi connectivity index (χ1v) is 21.8. The Morgan fingerprint density at radius 2 is 1.73 bits per heavy atom. The maximum absolute atomic E-state index is 14.8. The standard InChI is InChI=1S/C50H62F2N2O8/c1-6-8-28-58-48(57)54(32-34-19-21-37(51)22-20-34)45-31-43(53-62-49(3,4)5)40-29-35(15-11-13-25-55)39(17-12-14-26-56)46-41-30-38(59-33-36-16-9-10-18-42(36)52)23-24-44(41)61-50(45,47(40)46)60-27-7-2/h6-7,9-10,16,18-24,29-30,35,39,45-47,55-56H,1-2,8,11-15,17,25-28,31-33H2,3-5H3. The van der Waals surface area contributed by atoms with Gasteiger partial charge in [0.25, 0.3) is 0 Å². The summed E-state index contributed by atoms with van der Waals surface area (Å²) < 4.78 is 55.6. The van der Waals surface area contributed by atoms with Gasteiger partial charge in [-0.15, -0.1) is 13.2 Å². The lowest BCUT2D eigenvalue weighted by Crippen LogP contribution is -2.70. The van der Waals surface area contributed by atoms with E-state index in [2.05, 4.69) is 19.2 Å². The van der Waals surface area contributed by atoms with Crippen molar-refractivity contribution in [3.8, 4) is 11.5 Å². The fraction of sp³-hybridized carbons (Fsp3) is 0.480. The van der Waals surface area contributed by atoms with E-state index in [1.165, 1.54) is 18.2 Å². The lowest BCUT2D eigenvalue weighted by atomic mass is 9.55. The number of ether oxygens (including phenoxy) is 4. The average molecular weight is 857 g/mol. The molecule has 0 spiro atoms. The molecule has 6 rings (SSSR count). The topological polar surface area (TPSA) is 119 Å². The Balaban J connectivity index is 1.60. The van der Waals surface area contributed by atoms with E-state index in [1.54, 1.807) is 53.5 Å². The molecule has 1 heterocycles. The van der Waals surface area contributed by atoms with Crippen LogP contribution in [-0.4, -0.2) is 70.8 Å². The second kappa shape index (κ2) is 21.4. The van der Waals surface area contributed by atoms with Crippen LogP contribution in [0.25, 0.3) is 0 Å². The van der Waals surface area contributed by atoms with E-state index in [0.29, 0.717) is 47.6 Å². The van der Waals surface area contributed by atoms with Crippen molar-refractivity contribution in [2.24, 2.45) is 22.9 Å². The fourth-order valence-electron chi connectivity index (χ4n) is 9.11. The maximum Gasteiger partial charge on any atom is 0.410 e. The van der Waals surface area contributed by atoms with Crippen molar-refractivity contribution in [2.45, 2.75) is 109 Å². The molecule has 3 aromatic rings. The van der Waals surface area contributed by atoms with Crippen molar-refractivity contribution < 1.29 is 47.6 Å². The Morgan fingerprint density at radius 1 is 0.984 bits per heavy atom. The first-order valence-electron chi connectivity index (χ1n) is 21.8. The van der Waals surface area contributed by atoms with E-state index in [9.17, 15) is 23.8 Å². The van der Waals surface area contributed by atoms with Gasteiger partial charge in [-0.2, -0.15) is 0 Å². The molecule has 1 aliphatic heterocycles. The first-order chi connectivity index (χ1) is 29.9. The van der Waals surface area contributed by atoms with Crippen molar-refractivity contribution in [2.75, 3.05) is 26.4 Å². The summed E-state index contributed by atoms with van der Waals surface area (Å²) in [6, 6.07) is 17.2. The van der Waals surface area contributed by atoms with Gasteiger partial charge in [0.15, 0.2) is 0 Å². The van der Waals surface area contributed by atoms with Crippen LogP contribution < -0.4 is 9.47 Å². The summed E-state index contributed by atoms with van der Waals surface area (Å²) in [4.78, 5) is 22.4. The van der Waals surface area contributed by atoms with E-state index in [1.807, 2.05) is 32.9 Å². The maximum atomic E-state index is 14.8. The number of oxime groups is 1. The minimum atomic E-state index is -1.54. The second-order valence-electron chi connectivity index (χ2n) is 17.3. The predicted molar refractivity (Wildman–Crippen MR) is 235 cm³/mol. The monoisotopic (exact) mass is 856 g/mol. The molecule has 6 unspecified atom stereocenters. The highest BCUT2D eigenvalue weighted by molar-refractivity contribution is 6.03. The number of hydrogen-bond acceptors (Lipinski definition) is 9. The van der Waals surface area contributed by atoms with Crippen LogP contribution in [0.1, 0.15) is 94.7 Å². The van der Waals surface area contributed by atoms with Gasteiger partial charge in [0, 0.05) is 43.2 Å². The highest BCUT2D eigenvalue weighted by Crippen LogP contribution is 2.62. The van der Waals surface area contributed by atoms with Crippen LogP contribution in [0, 0.1) is 29.4 Å². The summed E-state index contributed by atoms with van der Waals surface area (Å²) in [6.45, 7) is 13.9. The number of aliphatic hydroxyl groups excluding tert-OH is 2. The Morgan fingerprint density at radius 3 is 2.42 bits per heavy atom. The van der Waals surface area contributed by atoms with E-state index < -0.39 is 35.3 Å². The summed E-state index contributed by atoms with van der Waals surface area (Å²) in [5.74, 6) is -2.16. The molecule has 6 atom stereocenters. The molecule has 3 aromatic carbocycles. The molecule has 2 N–H and O–H groups in total. The number of benzene rings is 3. The summed E-state index contributed by atoms with van der Waals surface area (Å²) in [7, 11) is 0. The van der Waals surface area contributed by atoms with E-state index in [-0.39, 0.29) is 69.6 Å². The SMILES string of the molecule is C=CCCOC(=O)N(Cc1ccc(F)cc1)C1CC(=NOC(C)(C)C)C2=CC(CCCCO)C(CCCCO)C3c4cc(OCc5ccccc5F)ccc4OC1(OCC=C)C23. The van der Waals surface area contributed by atoms with Gasteiger partial charge in [0.05, 0.1) is 24.8 Å². The van der Waals surface area contributed by atoms with Crippen LogP contribution in [0.3, 0.4) is 0 Å². The normalized spacial score (nSPS) is 23.3. The third-order valence-corrected chi connectivity index (χ3v) is 11.9. The van der Waals surface area contributed by atoms with Gasteiger partial charge in [-0.3, -0.25) is 4.90 Å². The molecule has 0 aromatic heterocycles. The van der Waals surface area contributed by atoms with Gasteiger partial charge < -0.3 is 34.0 Å². The minimum Gasteiger partial charge on any atom is -0.489 e. The Labute approximate surface area is 364 Å². The molecule has 10 nitrogen and oxygen atoms in total. The van der Waals surface area contributed by atoms with E-state index in [4.69, 9.17) is 28.9 Å². The third-order valence-electron chi connectivity index (χ3n) is 11.9. The molecule has 0 bridgehead atoms. The van der Waals surface area contributed by atoms with Crippen molar-refractivity contribution in [1.29, 1.82) is 0 Å². The van der Waals surface area contributed by atoms with Crippen molar-refractivity contribution >= 4 is 11.8 Å². The molecule has 3 aliphatic rings. The summed E-state index contributed by atoms with van der Waals surface area (Å²) in [6.07, 6.45) is 9.86. The lowest BCUT2D eigenvalue weighted by Gasteiger charge is -2.60. The zero-order valence-corrected chi connectivity index (χ0v) is 36.3. The van der Waals surface area contributed by atoms with Crippen LogP contribution in [0.15, 0.2) is 109 Å². The zero-order chi connectivity index (χ0) is 44.3. The number of carbonyl (C=O) groups excluding carboxylic acids is 1. The van der Waals surface area contributed by atoms with Crippen LogP contribution in [0.4, 0.5) is 13.6 Å². The number of amides is 1. The Kier molecular flexibility index (Phi) is 16.0. The highest BCUT2D eigenvalue weighted by Gasteiger charge is 2.65. The number of allylic oxidation sites excluding steroid dienone is 1. The van der Waals surface area contributed by atoms with E-state index >= 15 is 0 Å². The van der Waals surface area contributed by atoms with Gasteiger partial charge in [0.1, 0.15) is 41.4 Å². The number of rotatable bonds is 21. The van der Waals surface area contributed by atoms with E-state index in [0.717, 1.165) is 36.8 Å². The number of hydrogen-bond donors (Lipinski definition) is 2. The number of aliphatic hydroxyl groups is 2. The highest BCUT2D eigenvalue weighted by atomic mass is 19.1. The molecule has 0 saturated heterocycles. The minimum absolute atomic E-state index is 0.0109. The molecule has 334 valence electrons. The zero-order valence-electron chi connectivity index (χ0n) is 36.3. The van der Waals surface area contributed by atoms with Crippen molar-refractivity contribution in [3.05, 3.63) is 132 Å². The van der Waals surface area contributed by atoms with Crippen molar-refractivity contribution in [1.82, 2.24) is 4.90 Å². The van der Waals surface area contributed by atoms with Crippen molar-refractivity contribution in [3.63, 3.8) is 0 Å². The summed E-state index contributed by atoms with van der Waals surface area (Å²) in [5, 5.41) is 24.7. The molecule has 1 fully saturated rings. The quantitative estimate of drug-likeness (QED) is 0.0618. The van der Waals surface area contributed by atoms with Gasteiger partial charge >= 0.3 is 6.09 Å². The average Bonchev–Trinajstić information content (AvgIpc) is 3.25. The first kappa shape index (κ1) is 46.5. The van der Waals surface area contributed by atoms with Gasteiger partial charge in [-0.1, -0.05) is 66.6 Å². The molecular formula is C50H62F2N2O8. The van der Waals surface area contributed by atoms with Crippen LogP contribution in [0.2, 0.25) is 0 Å². The smallest absolute Gasteiger partial charge is 0.410 e. The number of carbonyl (C=O) groups is 1. The van der Waals surface area contributed by atoms with Gasteiger partial charge in [-0.25, -0.2) is 13.6 Å². The number of halogens is 2. The number of unbranched alkanes of at least 4 members (excludes halogenated alkanes) is 2.